The third-order valence-electron chi connectivity index (χ3n) is 12.3. The number of anilines is 2. The van der Waals surface area contributed by atoms with Gasteiger partial charge in [-0.1, -0.05) is 37.9 Å². The molecule has 0 aliphatic carbocycles. The van der Waals surface area contributed by atoms with Gasteiger partial charge >= 0.3 is 6.01 Å². The number of nitrogens with one attached hydrogen (secondary N) is 1. The highest BCUT2D eigenvalue weighted by atomic mass is 19.1. The number of aromatic nitrogens is 4. The second-order valence-electron chi connectivity index (χ2n) is 16.4. The van der Waals surface area contributed by atoms with Gasteiger partial charge in [0.15, 0.2) is 11.6 Å². The second-order valence-corrected chi connectivity index (χ2v) is 16.4. The van der Waals surface area contributed by atoms with Gasteiger partial charge in [0, 0.05) is 87.0 Å². The fraction of sp³-hybridized carbons (Fsp3) is 0.488. The molecule has 2 bridgehead atoms. The molecular formula is C43H48F2N8O4. The minimum atomic E-state index is -0.735. The molecule has 2 aromatic carbocycles. The van der Waals surface area contributed by atoms with E-state index in [-0.39, 0.29) is 51.7 Å². The van der Waals surface area contributed by atoms with Gasteiger partial charge in [0.05, 0.1) is 23.2 Å². The third-order valence-corrected chi connectivity index (χ3v) is 12.3. The number of phenols is 1. The molecule has 7 heterocycles. The predicted molar refractivity (Wildman–Crippen MR) is 214 cm³/mol. The average molecular weight is 779 g/mol. The Hall–Kier alpha value is -5.10. The van der Waals surface area contributed by atoms with Crippen LogP contribution >= 0.6 is 0 Å². The van der Waals surface area contributed by atoms with Crippen LogP contribution in [0.25, 0.3) is 32.9 Å². The fourth-order valence-corrected chi connectivity index (χ4v) is 8.73. The molecule has 3 atom stereocenters. The number of benzene rings is 2. The predicted octanol–water partition coefficient (Wildman–Crippen LogP) is 6.25. The maximum atomic E-state index is 16.9. The van der Waals surface area contributed by atoms with Crippen molar-refractivity contribution in [3.05, 3.63) is 59.5 Å². The molecule has 0 radical (unpaired) electrons. The van der Waals surface area contributed by atoms with E-state index in [2.05, 4.69) is 67.9 Å². The Morgan fingerprint density at radius 2 is 1.75 bits per heavy atom. The molecule has 0 amide bonds. The molecule has 14 heteroatoms. The quantitative estimate of drug-likeness (QED) is 0.147. The number of aromatic hydroxyl groups is 1. The summed E-state index contributed by atoms with van der Waals surface area (Å²) >= 11 is 0. The molecule has 0 saturated carbocycles. The Labute approximate surface area is 330 Å². The van der Waals surface area contributed by atoms with E-state index < -0.39 is 11.6 Å². The number of hydrogen-bond donors (Lipinski definition) is 2. The number of pyridine rings is 1. The van der Waals surface area contributed by atoms with Crippen LogP contribution in [0, 0.1) is 29.9 Å². The fourth-order valence-electron chi connectivity index (χ4n) is 8.73. The van der Waals surface area contributed by atoms with Crippen molar-refractivity contribution >= 4 is 33.3 Å². The monoisotopic (exact) mass is 778 g/mol. The maximum Gasteiger partial charge on any atom is 0.319 e. The molecule has 3 unspecified atom stereocenters. The molecule has 3 aromatic heterocycles. The summed E-state index contributed by atoms with van der Waals surface area (Å²) in [5.74, 6) is 4.09. The summed E-state index contributed by atoms with van der Waals surface area (Å²) in [4.78, 5) is 20.7. The molecule has 4 aliphatic rings. The number of nitrogens with zero attached hydrogens (tertiary/aromatic N) is 7. The van der Waals surface area contributed by atoms with E-state index in [1.54, 1.807) is 6.20 Å². The van der Waals surface area contributed by atoms with Crippen molar-refractivity contribution in [3.63, 3.8) is 0 Å². The Morgan fingerprint density at radius 3 is 2.49 bits per heavy atom. The van der Waals surface area contributed by atoms with Crippen LogP contribution in [-0.2, 0) is 4.74 Å². The SMILES string of the molecule is C#Cc1c(F)ccc2cc(O)cc(-c3ncc4c(N5CC6CCC(C5)N6)nc(OCCN5CCC(OC6CN(c7cc(C(C)C(C)C)on7)C6)CC5)nc4c3F)c12. The number of terminal acetylenes is 1. The standard InChI is InChI=1S/C43H48F2N8O4/c1-5-32-35(44)9-6-26-16-29(54)17-33(38(26)32)40-39(45)41-34(19-46-40)42(53-20-27-7-8-28(21-53)47-27)49-43(48-41)55-15-14-51-12-10-30(11-13-51)56-31-22-52(23-31)37-18-36(57-50-37)25(4)24(2)3/h1,6,9,16-19,24-25,27-28,30-31,47,54H,7-8,10-15,20-23H2,2-4H3. The van der Waals surface area contributed by atoms with Crippen molar-refractivity contribution < 1.29 is 27.9 Å². The van der Waals surface area contributed by atoms with Gasteiger partial charge in [0.2, 0.25) is 0 Å². The smallest absolute Gasteiger partial charge is 0.319 e. The van der Waals surface area contributed by atoms with Gasteiger partial charge in [-0.3, -0.25) is 9.88 Å². The number of piperidine rings is 1. The Kier molecular flexibility index (Phi) is 10.1. The molecule has 4 aliphatic heterocycles. The molecule has 4 fully saturated rings. The van der Waals surface area contributed by atoms with Crippen LogP contribution in [0.1, 0.15) is 63.7 Å². The zero-order valence-corrected chi connectivity index (χ0v) is 32.5. The number of halogens is 2. The summed E-state index contributed by atoms with van der Waals surface area (Å²) in [6, 6.07) is 8.29. The van der Waals surface area contributed by atoms with E-state index in [4.69, 9.17) is 25.4 Å². The summed E-state index contributed by atoms with van der Waals surface area (Å²) in [7, 11) is 0. The highest BCUT2D eigenvalue weighted by molar-refractivity contribution is 6.03. The Balaban J connectivity index is 0.885. The number of phenolic OH excluding ortho intramolecular Hbond substituents is 1. The van der Waals surface area contributed by atoms with Gasteiger partial charge in [-0.05, 0) is 55.2 Å². The van der Waals surface area contributed by atoms with Gasteiger partial charge < -0.3 is 34.2 Å². The average Bonchev–Trinajstić information content (AvgIpc) is 3.81. The first-order chi connectivity index (χ1) is 27.6. The molecule has 298 valence electrons. The first-order valence-electron chi connectivity index (χ1n) is 20.1. The van der Waals surface area contributed by atoms with Crippen molar-refractivity contribution in [2.24, 2.45) is 5.92 Å². The molecule has 5 aromatic rings. The summed E-state index contributed by atoms with van der Waals surface area (Å²) in [5.41, 5.74) is 0.0559. The third kappa shape index (κ3) is 7.33. The molecule has 9 rings (SSSR count). The first kappa shape index (κ1) is 37.5. The van der Waals surface area contributed by atoms with Crippen LogP contribution in [0.3, 0.4) is 0 Å². The molecule has 0 spiro atoms. The minimum absolute atomic E-state index is 0.0302. The zero-order valence-electron chi connectivity index (χ0n) is 32.5. The van der Waals surface area contributed by atoms with Crippen LogP contribution in [0.2, 0.25) is 0 Å². The van der Waals surface area contributed by atoms with Gasteiger partial charge in [0.25, 0.3) is 0 Å². The number of hydrogen-bond acceptors (Lipinski definition) is 12. The van der Waals surface area contributed by atoms with E-state index in [1.165, 1.54) is 24.3 Å². The summed E-state index contributed by atoms with van der Waals surface area (Å²) in [6.07, 6.45) is 11.6. The van der Waals surface area contributed by atoms with E-state index in [0.717, 1.165) is 63.4 Å². The van der Waals surface area contributed by atoms with E-state index in [1.807, 2.05) is 0 Å². The van der Waals surface area contributed by atoms with Crippen molar-refractivity contribution in [1.82, 2.24) is 30.3 Å². The Morgan fingerprint density at radius 1 is 0.982 bits per heavy atom. The zero-order chi connectivity index (χ0) is 39.4. The van der Waals surface area contributed by atoms with E-state index >= 15 is 4.39 Å². The number of likely N-dealkylation sites (tertiary alicyclic amines) is 1. The van der Waals surface area contributed by atoms with Crippen LogP contribution < -0.4 is 19.9 Å². The number of fused-ring (bicyclic) bond motifs is 4. The van der Waals surface area contributed by atoms with Gasteiger partial charge in [-0.25, -0.2) is 8.78 Å². The summed E-state index contributed by atoms with van der Waals surface area (Å²) in [6.45, 7) is 12.3. The van der Waals surface area contributed by atoms with Crippen molar-refractivity contribution in [1.29, 1.82) is 0 Å². The summed E-state index contributed by atoms with van der Waals surface area (Å²) in [5, 5.41) is 19.7. The normalized spacial score (nSPS) is 21.1. The second kappa shape index (κ2) is 15.3. The first-order valence-corrected chi connectivity index (χ1v) is 20.1. The van der Waals surface area contributed by atoms with Crippen LogP contribution in [-0.4, -0.2) is 107 Å². The highest BCUT2D eigenvalue weighted by Gasteiger charge is 2.35. The van der Waals surface area contributed by atoms with Gasteiger partial charge in [0.1, 0.15) is 41.0 Å². The lowest BCUT2D eigenvalue weighted by Crippen LogP contribution is -2.54. The molecular weight excluding hydrogens is 731 g/mol. The van der Waals surface area contributed by atoms with Crippen molar-refractivity contribution in [2.75, 3.05) is 62.2 Å². The van der Waals surface area contributed by atoms with Crippen molar-refractivity contribution in [2.45, 2.75) is 76.7 Å². The lowest BCUT2D eigenvalue weighted by Gasteiger charge is -2.42. The summed E-state index contributed by atoms with van der Waals surface area (Å²) < 4.78 is 50.1. The van der Waals surface area contributed by atoms with Crippen LogP contribution in [0.4, 0.5) is 20.4 Å². The van der Waals surface area contributed by atoms with Crippen LogP contribution in [0.5, 0.6) is 11.8 Å². The van der Waals surface area contributed by atoms with E-state index in [9.17, 15) is 9.50 Å². The topological polar surface area (TPSA) is 125 Å². The lowest BCUT2D eigenvalue weighted by molar-refractivity contribution is -0.0537. The highest BCUT2D eigenvalue weighted by Crippen LogP contribution is 2.39. The minimum Gasteiger partial charge on any atom is -0.508 e. The number of piperazine rings is 1. The molecule has 12 nitrogen and oxygen atoms in total. The number of rotatable bonds is 11. The molecule has 4 saturated heterocycles. The lowest BCUT2D eigenvalue weighted by atomic mass is 9.95. The molecule has 57 heavy (non-hydrogen) atoms. The number of ether oxygens (including phenoxy) is 2. The molecule has 2 N–H and O–H groups in total. The Bertz CT molecular complexity index is 2320. The maximum absolute atomic E-state index is 16.9. The van der Waals surface area contributed by atoms with Crippen LogP contribution in [0.15, 0.2) is 41.1 Å². The van der Waals surface area contributed by atoms with Gasteiger partial charge in [-0.15, -0.1) is 6.42 Å². The van der Waals surface area contributed by atoms with Gasteiger partial charge in [-0.2, -0.15) is 9.97 Å². The van der Waals surface area contributed by atoms with E-state index in [0.29, 0.717) is 66.8 Å². The largest absolute Gasteiger partial charge is 0.508 e. The van der Waals surface area contributed by atoms with Crippen molar-refractivity contribution in [3.8, 4) is 35.4 Å².